The summed E-state index contributed by atoms with van der Waals surface area (Å²) in [5, 5.41) is 2.78. The van der Waals surface area contributed by atoms with Gasteiger partial charge >= 0.3 is 6.03 Å². The summed E-state index contributed by atoms with van der Waals surface area (Å²) in [6.07, 6.45) is 2.26. The van der Waals surface area contributed by atoms with Crippen LogP contribution >= 0.6 is 0 Å². The lowest BCUT2D eigenvalue weighted by atomic mass is 9.92. The van der Waals surface area contributed by atoms with Crippen molar-refractivity contribution in [3.63, 3.8) is 0 Å². The number of carbonyl (C=O) groups excluding carboxylic acids is 3. The number of carbonyl (C=O) groups is 3. The Morgan fingerprint density at radius 3 is 2.59 bits per heavy atom. The zero-order chi connectivity index (χ0) is 20.8. The average Bonchev–Trinajstić information content (AvgIpc) is 3.16. The normalized spacial score (nSPS) is 20.1. The van der Waals surface area contributed by atoms with Crippen molar-refractivity contribution in [2.45, 2.75) is 45.6 Å². The van der Waals surface area contributed by atoms with Gasteiger partial charge < -0.3 is 5.32 Å². The third-order valence-electron chi connectivity index (χ3n) is 5.99. The van der Waals surface area contributed by atoms with Crippen molar-refractivity contribution < 1.29 is 14.4 Å². The number of nitrogens with one attached hydrogen (secondary N) is 1. The molecule has 1 saturated heterocycles. The predicted octanol–water partition coefficient (Wildman–Crippen LogP) is 4.19. The van der Waals surface area contributed by atoms with Crippen LogP contribution in [0.2, 0.25) is 0 Å². The summed E-state index contributed by atoms with van der Waals surface area (Å²) in [6.45, 7) is 5.67. The van der Waals surface area contributed by atoms with Gasteiger partial charge in [-0.15, -0.1) is 0 Å². The first-order chi connectivity index (χ1) is 13.8. The topological polar surface area (TPSA) is 66.5 Å². The van der Waals surface area contributed by atoms with E-state index in [2.05, 4.69) is 31.3 Å². The lowest BCUT2D eigenvalue weighted by molar-refractivity contribution is -0.130. The van der Waals surface area contributed by atoms with Crippen LogP contribution in [0, 0.1) is 5.92 Å². The van der Waals surface area contributed by atoms with Crippen LogP contribution in [0.3, 0.4) is 0 Å². The van der Waals surface area contributed by atoms with Gasteiger partial charge in [-0.1, -0.05) is 50.2 Å². The van der Waals surface area contributed by atoms with Crippen molar-refractivity contribution in [3.05, 3.63) is 59.2 Å². The fourth-order valence-corrected chi connectivity index (χ4v) is 4.17. The molecule has 1 heterocycles. The zero-order valence-corrected chi connectivity index (χ0v) is 17.1. The van der Waals surface area contributed by atoms with Crippen molar-refractivity contribution in [1.29, 1.82) is 0 Å². The van der Waals surface area contributed by atoms with Gasteiger partial charge in [0.2, 0.25) is 0 Å². The van der Waals surface area contributed by atoms with Gasteiger partial charge in [0.25, 0.3) is 5.91 Å². The highest BCUT2D eigenvalue weighted by Gasteiger charge is 2.47. The Morgan fingerprint density at radius 1 is 1.10 bits per heavy atom. The molecule has 5 nitrogen and oxygen atoms in total. The monoisotopic (exact) mass is 390 g/mol. The highest BCUT2D eigenvalue weighted by atomic mass is 16.2. The van der Waals surface area contributed by atoms with Gasteiger partial charge in [-0.25, -0.2) is 4.79 Å². The van der Waals surface area contributed by atoms with Crippen LogP contribution in [0.15, 0.2) is 42.5 Å². The molecule has 0 spiro atoms. The molecule has 2 aliphatic rings. The second-order valence-electron chi connectivity index (χ2n) is 8.72. The van der Waals surface area contributed by atoms with E-state index in [1.54, 1.807) is 13.0 Å². The van der Waals surface area contributed by atoms with Crippen LogP contribution < -0.4 is 5.32 Å². The highest BCUT2D eigenvalue weighted by Crippen LogP contribution is 2.37. The number of nitrogens with zero attached hydrogens (tertiary/aromatic N) is 1. The summed E-state index contributed by atoms with van der Waals surface area (Å²) in [6, 6.07) is 13.3. The smallest absolute Gasteiger partial charge is 0.323 e. The van der Waals surface area contributed by atoms with Crippen LogP contribution in [0.5, 0.6) is 0 Å². The van der Waals surface area contributed by atoms with Crippen molar-refractivity contribution in [2.75, 3.05) is 6.54 Å². The molecule has 4 rings (SSSR count). The lowest BCUT2D eigenvalue weighted by Gasteiger charge is -2.22. The molecule has 0 saturated carbocycles. The maximum atomic E-state index is 12.9. The standard InChI is InChI=1S/C24H26N2O3/c1-15(2)10-11-24(3)22(28)26(23(29)25-24)14-21(27)18-9-8-17-12-16-6-4-5-7-19(16)20(17)13-18/h4-9,13,15H,10-12,14H2,1-3H3,(H,25,29)/t24-/m1/s1. The van der Waals surface area contributed by atoms with Gasteiger partial charge in [-0.2, -0.15) is 0 Å². The van der Waals surface area contributed by atoms with Gasteiger partial charge in [0, 0.05) is 5.56 Å². The van der Waals surface area contributed by atoms with Gasteiger partial charge in [-0.3, -0.25) is 14.5 Å². The first kappa shape index (κ1) is 19.4. The van der Waals surface area contributed by atoms with E-state index in [1.165, 1.54) is 11.1 Å². The molecule has 1 fully saturated rings. The SMILES string of the molecule is CC(C)CC[C@@]1(C)NC(=O)N(CC(=O)c2ccc3c(c2)-c2ccccc2C3)C1=O. The molecular weight excluding hydrogens is 364 g/mol. The van der Waals surface area contributed by atoms with Gasteiger partial charge in [0.05, 0.1) is 6.54 Å². The Bertz CT molecular complexity index is 1010. The second-order valence-corrected chi connectivity index (χ2v) is 8.72. The molecule has 150 valence electrons. The second kappa shape index (κ2) is 7.14. The molecule has 29 heavy (non-hydrogen) atoms. The fourth-order valence-electron chi connectivity index (χ4n) is 4.17. The Kier molecular flexibility index (Phi) is 4.77. The van der Waals surface area contributed by atoms with Crippen LogP contribution in [-0.2, 0) is 11.2 Å². The summed E-state index contributed by atoms with van der Waals surface area (Å²) in [5.41, 5.74) is 4.25. The minimum atomic E-state index is -0.932. The first-order valence-electron chi connectivity index (χ1n) is 10.2. The molecule has 0 radical (unpaired) electrons. The summed E-state index contributed by atoms with van der Waals surface area (Å²) in [7, 11) is 0. The number of imide groups is 1. The molecule has 0 aromatic heterocycles. The third kappa shape index (κ3) is 3.46. The van der Waals surface area contributed by atoms with E-state index in [-0.39, 0.29) is 18.2 Å². The van der Waals surface area contributed by atoms with Crippen LogP contribution in [0.4, 0.5) is 4.79 Å². The van der Waals surface area contributed by atoms with Gasteiger partial charge in [0.1, 0.15) is 5.54 Å². The number of hydrogen-bond donors (Lipinski definition) is 1. The molecule has 3 amide bonds. The predicted molar refractivity (Wildman–Crippen MR) is 112 cm³/mol. The van der Waals surface area contributed by atoms with Crippen molar-refractivity contribution in [1.82, 2.24) is 10.2 Å². The molecule has 1 aliphatic heterocycles. The Morgan fingerprint density at radius 2 is 1.83 bits per heavy atom. The number of Topliss-reactive ketones (excluding diaryl/α,β-unsaturated/α-hetero) is 1. The van der Waals surface area contributed by atoms with Crippen molar-refractivity contribution in [2.24, 2.45) is 5.92 Å². The average molecular weight is 390 g/mol. The van der Waals surface area contributed by atoms with Crippen LogP contribution in [-0.4, -0.2) is 34.7 Å². The fraction of sp³-hybridized carbons (Fsp3) is 0.375. The molecule has 0 bridgehead atoms. The number of amides is 3. The minimum Gasteiger partial charge on any atom is -0.323 e. The molecule has 2 aromatic rings. The Hall–Kier alpha value is -2.95. The Balaban J connectivity index is 1.52. The summed E-state index contributed by atoms with van der Waals surface area (Å²) in [4.78, 5) is 39.2. The van der Waals surface area contributed by atoms with Crippen molar-refractivity contribution in [3.8, 4) is 11.1 Å². The molecule has 1 N–H and O–H groups in total. The molecule has 5 heteroatoms. The Labute approximate surface area is 171 Å². The van der Waals surface area contributed by atoms with E-state index in [1.807, 2.05) is 24.3 Å². The third-order valence-corrected chi connectivity index (χ3v) is 5.99. The number of ketones is 1. The number of hydrogen-bond acceptors (Lipinski definition) is 3. The summed E-state index contributed by atoms with van der Waals surface area (Å²) < 4.78 is 0. The largest absolute Gasteiger partial charge is 0.325 e. The zero-order valence-electron chi connectivity index (χ0n) is 17.1. The maximum Gasteiger partial charge on any atom is 0.325 e. The summed E-state index contributed by atoms with van der Waals surface area (Å²) >= 11 is 0. The van der Waals surface area contributed by atoms with Gasteiger partial charge in [0.15, 0.2) is 5.78 Å². The first-order valence-corrected chi connectivity index (χ1v) is 10.2. The minimum absolute atomic E-state index is 0.228. The molecule has 1 aliphatic carbocycles. The number of rotatable bonds is 6. The van der Waals surface area contributed by atoms with E-state index >= 15 is 0 Å². The lowest BCUT2D eigenvalue weighted by Crippen LogP contribution is -2.44. The number of fused-ring (bicyclic) bond motifs is 3. The van der Waals surface area contributed by atoms with E-state index in [0.29, 0.717) is 17.9 Å². The van der Waals surface area contributed by atoms with Crippen LogP contribution in [0.25, 0.3) is 11.1 Å². The molecular formula is C24H26N2O3. The maximum absolute atomic E-state index is 12.9. The number of benzene rings is 2. The highest BCUT2D eigenvalue weighted by molar-refractivity contribution is 6.11. The van der Waals surface area contributed by atoms with E-state index in [9.17, 15) is 14.4 Å². The molecule has 0 unspecified atom stereocenters. The number of urea groups is 1. The van der Waals surface area contributed by atoms with E-state index < -0.39 is 11.6 Å². The van der Waals surface area contributed by atoms with E-state index in [4.69, 9.17) is 0 Å². The van der Waals surface area contributed by atoms with Crippen molar-refractivity contribution >= 4 is 17.7 Å². The molecule has 1 atom stereocenters. The summed E-state index contributed by atoms with van der Waals surface area (Å²) in [5.74, 6) is -0.113. The van der Waals surface area contributed by atoms with Crippen LogP contribution in [0.1, 0.15) is 55.1 Å². The molecule has 2 aromatic carbocycles. The quantitative estimate of drug-likeness (QED) is 0.507. The van der Waals surface area contributed by atoms with E-state index in [0.717, 1.165) is 28.9 Å². The van der Waals surface area contributed by atoms with Gasteiger partial charge in [-0.05, 0) is 60.4 Å².